The van der Waals surface area contributed by atoms with E-state index in [-0.39, 0.29) is 11.2 Å². The van der Waals surface area contributed by atoms with Crippen LogP contribution < -0.4 is 10.2 Å². The number of nitrogens with zero attached hydrogens (tertiary/aromatic N) is 3. The van der Waals surface area contributed by atoms with E-state index in [0.29, 0.717) is 25.7 Å². The number of ether oxygens (including phenoxy) is 1. The van der Waals surface area contributed by atoms with Gasteiger partial charge in [-0.15, -0.1) is 0 Å². The highest BCUT2D eigenvalue weighted by atomic mass is 19.1. The molecule has 0 unspecified atom stereocenters. The second-order valence-electron chi connectivity index (χ2n) is 9.57. The highest BCUT2D eigenvalue weighted by Gasteiger charge is 2.25. The number of morpholine rings is 1. The van der Waals surface area contributed by atoms with Gasteiger partial charge in [0.25, 0.3) is 0 Å². The number of halogens is 1. The van der Waals surface area contributed by atoms with Crippen LogP contribution in [0.2, 0.25) is 0 Å². The molecule has 0 saturated carbocycles. The second-order valence-corrected chi connectivity index (χ2v) is 9.57. The zero-order valence-electron chi connectivity index (χ0n) is 19.4. The summed E-state index contributed by atoms with van der Waals surface area (Å²) in [5.41, 5.74) is 6.96. The normalized spacial score (nSPS) is 16.4. The largest absolute Gasteiger partial charge is 0.380 e. The molecule has 1 fully saturated rings. The number of benzene rings is 2. The fraction of sp³-hybridized carbons (Fsp3) is 0.333. The SMILES string of the molecule is CC(C)(C)c1ccc(C2=C(c3ccnc(N4CCOCC4)n3)c3cc(F)ccc3CN2)cc1. The minimum Gasteiger partial charge on any atom is -0.380 e. The van der Waals surface area contributed by atoms with Gasteiger partial charge in [-0.3, -0.25) is 0 Å². The van der Waals surface area contributed by atoms with Crippen LogP contribution in [0.15, 0.2) is 54.7 Å². The maximum absolute atomic E-state index is 14.4. The number of hydrogen-bond donors (Lipinski definition) is 1. The molecule has 5 rings (SSSR count). The molecule has 2 aliphatic rings. The number of hydrogen-bond acceptors (Lipinski definition) is 5. The molecular formula is C27H29FN4O. The van der Waals surface area contributed by atoms with Crippen molar-refractivity contribution in [2.45, 2.75) is 32.7 Å². The summed E-state index contributed by atoms with van der Waals surface area (Å²) in [6.07, 6.45) is 1.79. The summed E-state index contributed by atoms with van der Waals surface area (Å²) in [6.45, 7) is 10.1. The Kier molecular flexibility index (Phi) is 5.62. The van der Waals surface area contributed by atoms with Crippen molar-refractivity contribution in [2.75, 3.05) is 31.2 Å². The Bertz CT molecular complexity index is 1190. The van der Waals surface area contributed by atoms with E-state index in [9.17, 15) is 4.39 Å². The Morgan fingerprint density at radius 1 is 1.00 bits per heavy atom. The van der Waals surface area contributed by atoms with E-state index in [1.54, 1.807) is 12.3 Å². The molecule has 0 bridgehead atoms. The van der Waals surface area contributed by atoms with Crippen LogP contribution in [0.25, 0.3) is 11.3 Å². The van der Waals surface area contributed by atoms with Crippen LogP contribution in [0, 0.1) is 5.82 Å². The Hall–Kier alpha value is -3.25. The molecule has 170 valence electrons. The average molecular weight is 445 g/mol. The molecule has 1 N–H and O–H groups in total. The molecule has 0 aliphatic carbocycles. The van der Waals surface area contributed by atoms with Crippen LogP contribution in [0.1, 0.15) is 48.7 Å². The summed E-state index contributed by atoms with van der Waals surface area (Å²) < 4.78 is 19.8. The van der Waals surface area contributed by atoms with E-state index in [1.807, 2.05) is 12.1 Å². The van der Waals surface area contributed by atoms with Gasteiger partial charge < -0.3 is 15.0 Å². The molecule has 2 aromatic carbocycles. The fourth-order valence-electron chi connectivity index (χ4n) is 4.39. The molecule has 0 amide bonds. The average Bonchev–Trinajstić information content (AvgIpc) is 2.83. The summed E-state index contributed by atoms with van der Waals surface area (Å²) in [5, 5.41) is 3.58. The van der Waals surface area contributed by atoms with E-state index < -0.39 is 0 Å². The van der Waals surface area contributed by atoms with Crippen LogP contribution in [-0.4, -0.2) is 36.3 Å². The smallest absolute Gasteiger partial charge is 0.226 e. The number of aromatic nitrogens is 2. The van der Waals surface area contributed by atoms with Gasteiger partial charge in [0, 0.05) is 31.4 Å². The van der Waals surface area contributed by atoms with Gasteiger partial charge in [0.05, 0.1) is 24.6 Å². The summed E-state index contributed by atoms with van der Waals surface area (Å²) in [6, 6.07) is 15.5. The van der Waals surface area contributed by atoms with Crippen molar-refractivity contribution in [1.29, 1.82) is 0 Å². The zero-order valence-corrected chi connectivity index (χ0v) is 19.4. The molecule has 1 saturated heterocycles. The highest BCUT2D eigenvalue weighted by Crippen LogP contribution is 2.37. The fourth-order valence-corrected chi connectivity index (χ4v) is 4.39. The van der Waals surface area contributed by atoms with Crippen LogP contribution >= 0.6 is 0 Å². The second kappa shape index (κ2) is 8.60. The van der Waals surface area contributed by atoms with Gasteiger partial charge in [0.2, 0.25) is 5.95 Å². The maximum Gasteiger partial charge on any atom is 0.226 e. The van der Waals surface area contributed by atoms with Crippen LogP contribution in [0.4, 0.5) is 10.3 Å². The van der Waals surface area contributed by atoms with Crippen LogP contribution in [0.5, 0.6) is 0 Å². The van der Waals surface area contributed by atoms with Gasteiger partial charge in [-0.05, 0) is 45.9 Å². The quantitative estimate of drug-likeness (QED) is 0.631. The third-order valence-electron chi connectivity index (χ3n) is 6.28. The number of nitrogens with one attached hydrogen (secondary N) is 1. The zero-order chi connectivity index (χ0) is 23.0. The molecule has 0 radical (unpaired) electrons. The van der Waals surface area contributed by atoms with Gasteiger partial charge in [0.1, 0.15) is 5.82 Å². The molecule has 0 spiro atoms. The molecule has 0 atom stereocenters. The minimum atomic E-state index is -0.252. The molecular weight excluding hydrogens is 415 g/mol. The lowest BCUT2D eigenvalue weighted by Crippen LogP contribution is -2.37. The molecule has 2 aliphatic heterocycles. The molecule has 3 heterocycles. The lowest BCUT2D eigenvalue weighted by molar-refractivity contribution is 0.122. The van der Waals surface area contributed by atoms with Crippen molar-refractivity contribution >= 4 is 17.2 Å². The lowest BCUT2D eigenvalue weighted by Gasteiger charge is -2.28. The summed E-state index contributed by atoms with van der Waals surface area (Å²) in [7, 11) is 0. The van der Waals surface area contributed by atoms with E-state index in [0.717, 1.165) is 46.7 Å². The maximum atomic E-state index is 14.4. The molecule has 3 aromatic rings. The first kappa shape index (κ1) is 21.6. The van der Waals surface area contributed by atoms with E-state index in [2.05, 4.69) is 60.2 Å². The van der Waals surface area contributed by atoms with Crippen molar-refractivity contribution in [1.82, 2.24) is 15.3 Å². The van der Waals surface area contributed by atoms with Crippen molar-refractivity contribution in [3.05, 3.63) is 88.5 Å². The first-order valence-electron chi connectivity index (χ1n) is 11.4. The van der Waals surface area contributed by atoms with Gasteiger partial charge >= 0.3 is 0 Å². The van der Waals surface area contributed by atoms with Gasteiger partial charge in [0.15, 0.2) is 0 Å². The Morgan fingerprint density at radius 2 is 1.76 bits per heavy atom. The third kappa shape index (κ3) is 4.35. The van der Waals surface area contributed by atoms with Crippen LogP contribution in [0.3, 0.4) is 0 Å². The number of rotatable bonds is 3. The monoisotopic (exact) mass is 444 g/mol. The molecule has 33 heavy (non-hydrogen) atoms. The van der Waals surface area contributed by atoms with E-state index in [4.69, 9.17) is 9.72 Å². The van der Waals surface area contributed by atoms with Gasteiger partial charge in [-0.1, -0.05) is 51.1 Å². The lowest BCUT2D eigenvalue weighted by atomic mass is 9.85. The highest BCUT2D eigenvalue weighted by molar-refractivity contribution is 5.99. The van der Waals surface area contributed by atoms with Crippen molar-refractivity contribution < 1.29 is 9.13 Å². The molecule has 6 heteroatoms. The van der Waals surface area contributed by atoms with E-state index in [1.165, 1.54) is 11.6 Å². The Labute approximate surface area is 194 Å². The van der Waals surface area contributed by atoms with Crippen molar-refractivity contribution in [3.8, 4) is 0 Å². The standard InChI is InChI=1S/C27H29FN4O/c1-27(2,3)20-7-4-18(5-8-20)25-24(22-16-21(28)9-6-19(22)17-30-25)23-10-11-29-26(31-23)32-12-14-33-15-13-32/h4-11,16,30H,12-15,17H2,1-3H3. The predicted octanol–water partition coefficient (Wildman–Crippen LogP) is 4.77. The summed E-state index contributed by atoms with van der Waals surface area (Å²) in [4.78, 5) is 11.6. The molecule has 1 aromatic heterocycles. The predicted molar refractivity (Wildman–Crippen MR) is 129 cm³/mol. The summed E-state index contributed by atoms with van der Waals surface area (Å²) >= 11 is 0. The molecule has 5 nitrogen and oxygen atoms in total. The Morgan fingerprint density at radius 3 is 2.48 bits per heavy atom. The summed E-state index contributed by atoms with van der Waals surface area (Å²) in [5.74, 6) is 0.423. The van der Waals surface area contributed by atoms with Crippen molar-refractivity contribution in [3.63, 3.8) is 0 Å². The topological polar surface area (TPSA) is 50.3 Å². The van der Waals surface area contributed by atoms with Crippen LogP contribution in [-0.2, 0) is 16.7 Å². The number of anilines is 1. The third-order valence-corrected chi connectivity index (χ3v) is 6.28. The number of fused-ring (bicyclic) bond motifs is 1. The van der Waals surface area contributed by atoms with E-state index >= 15 is 0 Å². The minimum absolute atomic E-state index is 0.0746. The van der Waals surface area contributed by atoms with Gasteiger partial charge in [-0.25, -0.2) is 14.4 Å². The van der Waals surface area contributed by atoms with Crippen molar-refractivity contribution in [2.24, 2.45) is 0 Å². The first-order chi connectivity index (χ1) is 15.9. The Balaban J connectivity index is 1.66. The van der Waals surface area contributed by atoms with Gasteiger partial charge in [-0.2, -0.15) is 0 Å². The first-order valence-corrected chi connectivity index (χ1v) is 11.4.